The van der Waals surface area contributed by atoms with Crippen LogP contribution in [0.4, 0.5) is 17.1 Å². The highest BCUT2D eigenvalue weighted by Crippen LogP contribution is 2.36. The Hall–Kier alpha value is -4.86. The Kier molecular flexibility index (Phi) is 5.79. The number of fused-ring (bicyclic) bond motifs is 1. The number of ether oxygens (including phenoxy) is 1. The Morgan fingerprint density at radius 2 is 1.65 bits per heavy atom. The number of para-hydroxylation sites is 1. The fourth-order valence-corrected chi connectivity index (χ4v) is 4.85. The van der Waals surface area contributed by atoms with Crippen molar-refractivity contribution < 1.29 is 28.8 Å². The van der Waals surface area contributed by atoms with Crippen molar-refractivity contribution in [2.75, 3.05) is 16.3 Å². The Labute approximate surface area is 211 Å². The first-order chi connectivity index (χ1) is 17.7. The zero-order valence-electron chi connectivity index (χ0n) is 20.0. The maximum absolute atomic E-state index is 13.0. The molecule has 1 fully saturated rings. The van der Waals surface area contributed by atoms with Crippen LogP contribution >= 0.6 is 0 Å². The van der Waals surface area contributed by atoms with Crippen LogP contribution in [0.15, 0.2) is 60.7 Å². The molecule has 0 bridgehead atoms. The van der Waals surface area contributed by atoms with Crippen LogP contribution in [0.1, 0.15) is 38.3 Å². The third-order valence-electron chi connectivity index (χ3n) is 6.55. The Morgan fingerprint density at radius 1 is 0.973 bits per heavy atom. The molecule has 0 N–H and O–H groups in total. The number of carbonyl (C=O) groups is 4. The molecule has 2 heterocycles. The van der Waals surface area contributed by atoms with Crippen LogP contribution in [0.3, 0.4) is 0 Å². The number of nitro benzene ring substituents is 1. The number of anilines is 2. The van der Waals surface area contributed by atoms with Crippen molar-refractivity contribution >= 4 is 40.8 Å². The molecule has 1 saturated heterocycles. The average Bonchev–Trinajstić information content (AvgIpc) is 3.36. The van der Waals surface area contributed by atoms with Gasteiger partial charge in [0.25, 0.3) is 17.5 Å². The van der Waals surface area contributed by atoms with Crippen LogP contribution < -0.4 is 14.5 Å². The minimum absolute atomic E-state index is 0.00558. The summed E-state index contributed by atoms with van der Waals surface area (Å²) in [5.74, 6) is -2.96. The minimum Gasteiger partial charge on any atom is -0.426 e. The van der Waals surface area contributed by atoms with Crippen LogP contribution in [0.25, 0.3) is 0 Å². The third-order valence-corrected chi connectivity index (χ3v) is 6.55. The molecular weight excluding hydrogens is 478 g/mol. The van der Waals surface area contributed by atoms with E-state index in [1.54, 1.807) is 4.90 Å². The van der Waals surface area contributed by atoms with E-state index in [0.717, 1.165) is 27.8 Å². The van der Waals surface area contributed by atoms with Gasteiger partial charge in [0.05, 0.1) is 22.1 Å². The number of hydrogen-bond acceptors (Lipinski definition) is 7. The van der Waals surface area contributed by atoms with Crippen LogP contribution in [-0.2, 0) is 9.59 Å². The molecule has 1 atom stereocenters. The van der Waals surface area contributed by atoms with Crippen LogP contribution in [0.2, 0.25) is 0 Å². The quantitative estimate of drug-likeness (QED) is 0.171. The predicted molar refractivity (Wildman–Crippen MR) is 133 cm³/mol. The molecular formula is C27H21N3O7. The summed E-state index contributed by atoms with van der Waals surface area (Å²) >= 11 is 0. The Morgan fingerprint density at radius 3 is 2.35 bits per heavy atom. The number of rotatable bonds is 5. The first kappa shape index (κ1) is 23.9. The molecule has 186 valence electrons. The number of aryl methyl sites for hydroxylation is 2. The SMILES string of the molecule is Cc1cccc(C)c1N1C[C@@H](C(=O)Oc2cccc(N3C(=O)c4cccc([N+](=O)[O-])c4C3=O)c2)CC1=O. The molecule has 3 aromatic rings. The fraction of sp³-hybridized carbons (Fsp3) is 0.185. The average molecular weight is 499 g/mol. The number of carbonyl (C=O) groups excluding carboxylic acids is 4. The molecule has 37 heavy (non-hydrogen) atoms. The number of benzene rings is 3. The summed E-state index contributed by atoms with van der Waals surface area (Å²) in [6.07, 6.45) is -0.00558. The summed E-state index contributed by atoms with van der Waals surface area (Å²) < 4.78 is 5.53. The lowest BCUT2D eigenvalue weighted by atomic mass is 10.1. The normalized spacial score (nSPS) is 16.8. The lowest BCUT2D eigenvalue weighted by Crippen LogP contribution is -2.30. The molecule has 5 rings (SSSR count). The van der Waals surface area contributed by atoms with E-state index < -0.39 is 34.3 Å². The number of nitrogens with zero attached hydrogens (tertiary/aromatic N) is 3. The van der Waals surface area contributed by atoms with Gasteiger partial charge in [0.1, 0.15) is 11.3 Å². The van der Waals surface area contributed by atoms with Gasteiger partial charge in [-0.05, 0) is 43.2 Å². The number of imide groups is 1. The third kappa shape index (κ3) is 4.02. The second kappa shape index (κ2) is 8.98. The molecule has 2 aliphatic rings. The number of hydrogen-bond donors (Lipinski definition) is 0. The molecule has 3 aromatic carbocycles. The van der Waals surface area contributed by atoms with Crippen LogP contribution in [0, 0.1) is 29.9 Å². The second-order valence-electron chi connectivity index (χ2n) is 8.97. The fourth-order valence-electron chi connectivity index (χ4n) is 4.85. The van der Waals surface area contributed by atoms with Gasteiger partial charge in [0, 0.05) is 30.8 Å². The van der Waals surface area contributed by atoms with Gasteiger partial charge < -0.3 is 9.64 Å². The van der Waals surface area contributed by atoms with Gasteiger partial charge in [-0.1, -0.05) is 30.3 Å². The zero-order valence-corrected chi connectivity index (χ0v) is 20.0. The summed E-state index contributed by atoms with van der Waals surface area (Å²) in [4.78, 5) is 64.6. The van der Waals surface area contributed by atoms with E-state index in [1.165, 1.54) is 36.4 Å². The van der Waals surface area contributed by atoms with Gasteiger partial charge >= 0.3 is 5.97 Å². The van der Waals surface area contributed by atoms with Gasteiger partial charge in [0.2, 0.25) is 5.91 Å². The summed E-state index contributed by atoms with van der Waals surface area (Å²) in [7, 11) is 0. The molecule has 0 unspecified atom stereocenters. The van der Waals surface area contributed by atoms with Crippen molar-refractivity contribution in [3.05, 3.63) is 93.0 Å². The highest BCUT2D eigenvalue weighted by atomic mass is 16.6. The molecule has 10 nitrogen and oxygen atoms in total. The second-order valence-corrected chi connectivity index (χ2v) is 8.97. The number of nitro groups is 1. The Balaban J connectivity index is 1.35. The highest BCUT2D eigenvalue weighted by molar-refractivity contribution is 6.35. The Bertz CT molecular complexity index is 1490. The molecule has 0 aliphatic carbocycles. The van der Waals surface area contributed by atoms with Gasteiger partial charge in [-0.25, -0.2) is 4.90 Å². The first-order valence-corrected chi connectivity index (χ1v) is 11.5. The summed E-state index contributed by atoms with van der Waals surface area (Å²) in [5.41, 5.74) is 1.93. The molecule has 0 spiro atoms. The molecule has 10 heteroatoms. The summed E-state index contributed by atoms with van der Waals surface area (Å²) in [5, 5.41) is 11.4. The van der Waals surface area contributed by atoms with Crippen molar-refractivity contribution in [2.45, 2.75) is 20.3 Å². The van der Waals surface area contributed by atoms with E-state index in [0.29, 0.717) is 0 Å². The highest BCUT2D eigenvalue weighted by Gasteiger charge is 2.42. The van der Waals surface area contributed by atoms with E-state index in [-0.39, 0.29) is 41.4 Å². The smallest absolute Gasteiger partial charge is 0.316 e. The number of esters is 1. The van der Waals surface area contributed by atoms with Gasteiger partial charge in [-0.3, -0.25) is 29.3 Å². The van der Waals surface area contributed by atoms with Crippen molar-refractivity contribution in [3.8, 4) is 5.75 Å². The lowest BCUT2D eigenvalue weighted by molar-refractivity contribution is -0.385. The van der Waals surface area contributed by atoms with Gasteiger partial charge in [0.15, 0.2) is 0 Å². The zero-order chi connectivity index (χ0) is 26.4. The molecule has 0 saturated carbocycles. The predicted octanol–water partition coefficient (Wildman–Crippen LogP) is 3.97. The molecule has 0 radical (unpaired) electrons. The monoisotopic (exact) mass is 499 g/mol. The van der Waals surface area contributed by atoms with Crippen molar-refractivity contribution in [1.29, 1.82) is 0 Å². The first-order valence-electron chi connectivity index (χ1n) is 11.5. The van der Waals surface area contributed by atoms with Gasteiger partial charge in [-0.15, -0.1) is 0 Å². The van der Waals surface area contributed by atoms with Crippen molar-refractivity contribution in [1.82, 2.24) is 0 Å². The van der Waals surface area contributed by atoms with E-state index in [4.69, 9.17) is 4.74 Å². The van der Waals surface area contributed by atoms with Crippen molar-refractivity contribution in [3.63, 3.8) is 0 Å². The van der Waals surface area contributed by atoms with Crippen molar-refractivity contribution in [2.24, 2.45) is 5.92 Å². The summed E-state index contributed by atoms with van der Waals surface area (Å²) in [6, 6.07) is 15.4. The maximum atomic E-state index is 13.0. The van der Waals surface area contributed by atoms with E-state index in [2.05, 4.69) is 0 Å². The summed E-state index contributed by atoms with van der Waals surface area (Å²) in [6.45, 7) is 3.98. The van der Waals surface area contributed by atoms with E-state index >= 15 is 0 Å². The topological polar surface area (TPSA) is 127 Å². The number of amides is 3. The standard InChI is InChI=1S/C27H21N3O7/c1-15-6-3-7-16(2)24(15)28-14-17(12-22(28)31)27(34)37-19-9-4-8-18(13-19)29-25(32)20-10-5-11-21(30(35)36)23(20)26(29)33/h3-11,13,17H,12,14H2,1-2H3/t17-/m0/s1. The maximum Gasteiger partial charge on any atom is 0.316 e. The van der Waals surface area contributed by atoms with E-state index in [9.17, 15) is 29.3 Å². The molecule has 3 amide bonds. The molecule has 2 aliphatic heterocycles. The largest absolute Gasteiger partial charge is 0.426 e. The van der Waals surface area contributed by atoms with Crippen LogP contribution in [-0.4, -0.2) is 35.2 Å². The van der Waals surface area contributed by atoms with E-state index in [1.807, 2.05) is 32.0 Å². The minimum atomic E-state index is -0.832. The lowest BCUT2D eigenvalue weighted by Gasteiger charge is -2.21. The van der Waals surface area contributed by atoms with Gasteiger partial charge in [-0.2, -0.15) is 0 Å². The van der Waals surface area contributed by atoms with Crippen LogP contribution in [0.5, 0.6) is 5.75 Å². The molecule has 0 aromatic heterocycles.